The number of nitrogens with zero attached hydrogens (tertiary/aromatic N) is 1. The summed E-state index contributed by atoms with van der Waals surface area (Å²) in [6, 6.07) is 0. The van der Waals surface area contributed by atoms with Gasteiger partial charge in [-0.1, -0.05) is 6.92 Å². The van der Waals surface area contributed by atoms with Crippen LogP contribution in [0.25, 0.3) is 0 Å². The summed E-state index contributed by atoms with van der Waals surface area (Å²) < 4.78 is 0. The van der Waals surface area contributed by atoms with Crippen molar-refractivity contribution < 1.29 is 9.90 Å². The molecule has 0 aromatic carbocycles. The molecule has 1 atom stereocenters. The molecule has 1 amide bonds. The molecule has 1 rings (SSSR count). The quantitative estimate of drug-likeness (QED) is 0.575. The van der Waals surface area contributed by atoms with Gasteiger partial charge >= 0.3 is 0 Å². The Kier molecular flexibility index (Phi) is 3.05. The van der Waals surface area contributed by atoms with Crippen LogP contribution in [0.15, 0.2) is 0 Å². The van der Waals surface area contributed by atoms with Gasteiger partial charge in [0.2, 0.25) is 5.91 Å². The van der Waals surface area contributed by atoms with E-state index in [0.717, 1.165) is 0 Å². The van der Waals surface area contributed by atoms with Crippen LogP contribution in [0.4, 0.5) is 0 Å². The molecule has 0 bridgehead atoms. The number of hydrogen-bond acceptors (Lipinski definition) is 3. The van der Waals surface area contributed by atoms with Crippen LogP contribution in [0, 0.1) is 11.8 Å². The maximum absolute atomic E-state index is 11.4. The summed E-state index contributed by atoms with van der Waals surface area (Å²) in [5, 5.41) is 8.72. The zero-order valence-electron chi connectivity index (χ0n) is 7.36. The van der Waals surface area contributed by atoms with Crippen molar-refractivity contribution in [3.8, 4) is 0 Å². The Labute approximate surface area is 72.3 Å². The monoisotopic (exact) mass is 172 g/mol. The molecule has 4 nitrogen and oxygen atoms in total. The molecule has 3 N–H and O–H groups in total. The molecule has 1 unspecified atom stereocenters. The first kappa shape index (κ1) is 9.48. The zero-order valence-corrected chi connectivity index (χ0v) is 7.36. The average Bonchev–Trinajstić information content (AvgIpc) is 2.01. The van der Waals surface area contributed by atoms with Gasteiger partial charge in [-0.3, -0.25) is 4.79 Å². The van der Waals surface area contributed by atoms with E-state index in [1.807, 2.05) is 6.92 Å². The van der Waals surface area contributed by atoms with E-state index in [0.29, 0.717) is 25.6 Å². The molecule has 4 heteroatoms. The van der Waals surface area contributed by atoms with E-state index < -0.39 is 0 Å². The summed E-state index contributed by atoms with van der Waals surface area (Å²) in [6.07, 6.45) is 0. The van der Waals surface area contributed by atoms with Crippen LogP contribution >= 0.6 is 0 Å². The molecule has 1 aliphatic heterocycles. The van der Waals surface area contributed by atoms with Crippen LogP contribution in [0.5, 0.6) is 0 Å². The fourth-order valence-electron chi connectivity index (χ4n) is 1.28. The summed E-state index contributed by atoms with van der Waals surface area (Å²) in [5.41, 5.74) is 5.36. The number of nitrogens with two attached hydrogens (primary N) is 1. The molecular formula is C8H16N2O2. The number of amides is 1. The highest BCUT2D eigenvalue weighted by atomic mass is 16.3. The van der Waals surface area contributed by atoms with Gasteiger partial charge in [0.25, 0.3) is 0 Å². The maximum Gasteiger partial charge on any atom is 0.226 e. The van der Waals surface area contributed by atoms with Gasteiger partial charge in [0.1, 0.15) is 0 Å². The first-order chi connectivity index (χ1) is 5.69. The van der Waals surface area contributed by atoms with E-state index in [1.165, 1.54) is 0 Å². The maximum atomic E-state index is 11.4. The number of carbonyl (C=O) groups is 1. The highest BCUT2D eigenvalue weighted by molar-refractivity contribution is 5.79. The lowest BCUT2D eigenvalue weighted by Crippen LogP contribution is -2.53. The summed E-state index contributed by atoms with van der Waals surface area (Å²) in [6.45, 7) is 3.80. The molecule has 0 saturated carbocycles. The number of hydrogen-bond donors (Lipinski definition) is 2. The van der Waals surface area contributed by atoms with Crippen molar-refractivity contribution in [2.75, 3.05) is 26.2 Å². The van der Waals surface area contributed by atoms with Gasteiger partial charge in [-0.2, -0.15) is 0 Å². The number of likely N-dealkylation sites (tertiary alicyclic amines) is 1. The number of aliphatic hydroxyl groups excluding tert-OH is 1. The lowest BCUT2D eigenvalue weighted by atomic mass is 9.99. The minimum atomic E-state index is -0.0790. The van der Waals surface area contributed by atoms with Crippen molar-refractivity contribution in [2.45, 2.75) is 6.92 Å². The van der Waals surface area contributed by atoms with E-state index in [-0.39, 0.29) is 18.4 Å². The van der Waals surface area contributed by atoms with E-state index in [9.17, 15) is 4.79 Å². The number of aliphatic hydroxyl groups is 1. The third kappa shape index (κ3) is 1.76. The minimum Gasteiger partial charge on any atom is -0.396 e. The Morgan fingerprint density at radius 3 is 2.75 bits per heavy atom. The second kappa shape index (κ2) is 3.87. The molecule has 70 valence electrons. The van der Waals surface area contributed by atoms with E-state index in [4.69, 9.17) is 10.8 Å². The highest BCUT2D eigenvalue weighted by Gasteiger charge is 2.31. The average molecular weight is 172 g/mol. The van der Waals surface area contributed by atoms with Gasteiger partial charge in [0.05, 0.1) is 0 Å². The Morgan fingerprint density at radius 2 is 2.33 bits per heavy atom. The Balaban J connectivity index is 2.28. The summed E-state index contributed by atoms with van der Waals surface area (Å²) >= 11 is 0. The smallest absolute Gasteiger partial charge is 0.226 e. The summed E-state index contributed by atoms with van der Waals surface area (Å²) in [7, 11) is 0. The fourth-order valence-corrected chi connectivity index (χ4v) is 1.28. The molecule has 1 heterocycles. The van der Waals surface area contributed by atoms with Crippen LogP contribution in [0.2, 0.25) is 0 Å². The van der Waals surface area contributed by atoms with Crippen molar-refractivity contribution in [3.05, 3.63) is 0 Å². The van der Waals surface area contributed by atoms with Gasteiger partial charge in [-0.25, -0.2) is 0 Å². The molecule has 12 heavy (non-hydrogen) atoms. The SMILES string of the molecule is CC(CN)C(=O)N1CC(CO)C1. The van der Waals surface area contributed by atoms with Crippen LogP contribution < -0.4 is 5.73 Å². The predicted molar refractivity (Wildman–Crippen MR) is 45.4 cm³/mol. The van der Waals surface area contributed by atoms with Gasteiger partial charge in [0.15, 0.2) is 0 Å². The van der Waals surface area contributed by atoms with Crippen molar-refractivity contribution in [1.82, 2.24) is 4.90 Å². The van der Waals surface area contributed by atoms with Gasteiger partial charge < -0.3 is 15.7 Å². The molecule has 0 spiro atoms. The summed E-state index contributed by atoms with van der Waals surface area (Å²) in [4.78, 5) is 13.1. The molecular weight excluding hydrogens is 156 g/mol. The molecule has 0 aromatic rings. The van der Waals surface area contributed by atoms with Crippen LogP contribution in [-0.2, 0) is 4.79 Å². The molecule has 1 aliphatic rings. The van der Waals surface area contributed by atoms with Crippen molar-refractivity contribution >= 4 is 5.91 Å². The normalized spacial score (nSPS) is 20.4. The lowest BCUT2D eigenvalue weighted by Gasteiger charge is -2.39. The molecule has 0 radical (unpaired) electrons. The van der Waals surface area contributed by atoms with E-state index >= 15 is 0 Å². The number of carbonyl (C=O) groups excluding carboxylic acids is 1. The third-order valence-electron chi connectivity index (χ3n) is 2.30. The minimum absolute atomic E-state index is 0.0790. The van der Waals surface area contributed by atoms with Crippen molar-refractivity contribution in [1.29, 1.82) is 0 Å². The lowest BCUT2D eigenvalue weighted by molar-refractivity contribution is -0.142. The predicted octanol–water partition coefficient (Wildman–Crippen LogP) is -0.968. The standard InChI is InChI=1S/C8H16N2O2/c1-6(2-9)8(12)10-3-7(4-10)5-11/h6-7,11H,2-5,9H2,1H3. The fraction of sp³-hybridized carbons (Fsp3) is 0.875. The van der Waals surface area contributed by atoms with E-state index in [2.05, 4.69) is 0 Å². The summed E-state index contributed by atoms with van der Waals surface area (Å²) in [5.74, 6) is 0.325. The van der Waals surface area contributed by atoms with Crippen molar-refractivity contribution in [2.24, 2.45) is 17.6 Å². The number of rotatable bonds is 3. The van der Waals surface area contributed by atoms with Gasteiger partial charge in [-0.05, 0) is 0 Å². The Bertz CT molecular complexity index is 166. The van der Waals surface area contributed by atoms with Crippen LogP contribution in [0.3, 0.4) is 0 Å². The zero-order chi connectivity index (χ0) is 9.14. The van der Waals surface area contributed by atoms with Crippen LogP contribution in [0.1, 0.15) is 6.92 Å². The Hall–Kier alpha value is -0.610. The topological polar surface area (TPSA) is 66.6 Å². The second-order valence-corrected chi connectivity index (χ2v) is 3.43. The molecule has 1 fully saturated rings. The first-order valence-electron chi connectivity index (χ1n) is 4.28. The Morgan fingerprint density at radius 1 is 1.75 bits per heavy atom. The largest absolute Gasteiger partial charge is 0.396 e. The molecule has 0 aliphatic carbocycles. The van der Waals surface area contributed by atoms with Crippen molar-refractivity contribution in [3.63, 3.8) is 0 Å². The highest BCUT2D eigenvalue weighted by Crippen LogP contribution is 2.16. The third-order valence-corrected chi connectivity index (χ3v) is 2.30. The van der Waals surface area contributed by atoms with Gasteiger partial charge in [0, 0.05) is 38.1 Å². The van der Waals surface area contributed by atoms with Crippen LogP contribution in [-0.4, -0.2) is 42.2 Å². The van der Waals surface area contributed by atoms with E-state index in [1.54, 1.807) is 4.90 Å². The molecule has 1 saturated heterocycles. The van der Waals surface area contributed by atoms with Gasteiger partial charge in [-0.15, -0.1) is 0 Å². The molecule has 0 aromatic heterocycles. The first-order valence-corrected chi connectivity index (χ1v) is 4.28. The second-order valence-electron chi connectivity index (χ2n) is 3.43.